The van der Waals surface area contributed by atoms with Crippen molar-refractivity contribution < 1.29 is 9.18 Å². The van der Waals surface area contributed by atoms with Gasteiger partial charge in [0.2, 0.25) is 0 Å². The second-order valence-corrected chi connectivity index (χ2v) is 6.99. The van der Waals surface area contributed by atoms with E-state index in [0.717, 1.165) is 38.3 Å². The molecule has 4 nitrogen and oxygen atoms in total. The van der Waals surface area contributed by atoms with Crippen molar-refractivity contribution in [2.24, 2.45) is 0 Å². The Morgan fingerprint density at radius 3 is 2.71 bits per heavy atom. The van der Waals surface area contributed by atoms with Gasteiger partial charge in [-0.05, 0) is 35.6 Å². The summed E-state index contributed by atoms with van der Waals surface area (Å²) in [5.41, 5.74) is 0.899. The highest BCUT2D eigenvalue weighted by Crippen LogP contribution is 2.13. The number of urea groups is 1. The Bertz CT molecular complexity index is 654. The maximum atomic E-state index is 13.1. The molecule has 24 heavy (non-hydrogen) atoms. The molecule has 1 fully saturated rings. The molecule has 1 aromatic carbocycles. The van der Waals surface area contributed by atoms with Crippen LogP contribution in [0.25, 0.3) is 0 Å². The van der Waals surface area contributed by atoms with Crippen LogP contribution in [0.5, 0.6) is 0 Å². The first-order valence-corrected chi connectivity index (χ1v) is 9.10. The van der Waals surface area contributed by atoms with Crippen LogP contribution < -0.4 is 5.32 Å². The van der Waals surface area contributed by atoms with Gasteiger partial charge in [-0.1, -0.05) is 18.2 Å². The molecule has 2 amide bonds. The molecule has 1 N–H and O–H groups in total. The third-order valence-corrected chi connectivity index (χ3v) is 5.06. The van der Waals surface area contributed by atoms with Gasteiger partial charge in [-0.3, -0.25) is 4.90 Å². The molecule has 2 aromatic rings. The van der Waals surface area contributed by atoms with Crippen molar-refractivity contribution in [1.82, 2.24) is 15.1 Å². The third-order valence-electron chi connectivity index (χ3n) is 4.20. The van der Waals surface area contributed by atoms with Crippen molar-refractivity contribution in [2.45, 2.75) is 13.0 Å². The van der Waals surface area contributed by atoms with Gasteiger partial charge in [-0.25, -0.2) is 9.18 Å². The minimum Gasteiger partial charge on any atom is -0.338 e. The number of benzene rings is 1. The molecule has 0 aliphatic carbocycles. The molecule has 0 spiro atoms. The number of thiophene rings is 1. The average molecular weight is 347 g/mol. The topological polar surface area (TPSA) is 35.6 Å². The lowest BCUT2D eigenvalue weighted by Crippen LogP contribution is -2.51. The van der Waals surface area contributed by atoms with E-state index in [1.165, 1.54) is 17.0 Å². The van der Waals surface area contributed by atoms with Gasteiger partial charge < -0.3 is 10.2 Å². The van der Waals surface area contributed by atoms with E-state index in [9.17, 15) is 9.18 Å². The molecule has 6 heteroatoms. The summed E-state index contributed by atoms with van der Waals surface area (Å²) in [6.07, 6.45) is 0.641. The molecule has 0 unspecified atom stereocenters. The van der Waals surface area contributed by atoms with Crippen molar-refractivity contribution in [2.75, 3.05) is 32.7 Å². The Kier molecular flexibility index (Phi) is 5.82. The first-order chi connectivity index (χ1) is 11.7. The minimum absolute atomic E-state index is 0.0258. The molecular weight excluding hydrogens is 325 g/mol. The summed E-state index contributed by atoms with van der Waals surface area (Å²) in [6.45, 7) is 4.78. The molecular formula is C18H22FN3OS. The van der Waals surface area contributed by atoms with Gasteiger partial charge in [0.15, 0.2) is 0 Å². The van der Waals surface area contributed by atoms with Crippen molar-refractivity contribution in [3.8, 4) is 0 Å². The number of carbonyl (C=O) groups is 1. The van der Waals surface area contributed by atoms with Crippen LogP contribution >= 0.6 is 11.3 Å². The number of nitrogens with one attached hydrogen (secondary N) is 1. The van der Waals surface area contributed by atoms with Gasteiger partial charge in [0.05, 0.1) is 0 Å². The molecule has 0 radical (unpaired) electrons. The molecule has 2 heterocycles. The van der Waals surface area contributed by atoms with Crippen LogP contribution in [0.4, 0.5) is 9.18 Å². The second-order valence-electron chi connectivity index (χ2n) is 5.95. The summed E-state index contributed by atoms with van der Waals surface area (Å²) in [7, 11) is 0. The quantitative estimate of drug-likeness (QED) is 0.903. The van der Waals surface area contributed by atoms with E-state index in [1.807, 2.05) is 11.0 Å². The molecule has 128 valence electrons. The Labute approximate surface area is 145 Å². The van der Waals surface area contributed by atoms with E-state index < -0.39 is 0 Å². The zero-order valence-corrected chi connectivity index (χ0v) is 14.4. The van der Waals surface area contributed by atoms with Gasteiger partial charge >= 0.3 is 6.03 Å². The number of piperazine rings is 1. The largest absolute Gasteiger partial charge is 0.338 e. The Morgan fingerprint density at radius 1 is 1.17 bits per heavy atom. The molecule has 1 saturated heterocycles. The van der Waals surface area contributed by atoms with Crippen LogP contribution in [0.3, 0.4) is 0 Å². The van der Waals surface area contributed by atoms with Crippen LogP contribution in [-0.4, -0.2) is 48.6 Å². The SMILES string of the molecule is O=C(NCCc1cccc(F)c1)N1CCN(Cc2cccs2)CC1. The van der Waals surface area contributed by atoms with Crippen molar-refractivity contribution in [1.29, 1.82) is 0 Å². The molecule has 0 saturated carbocycles. The summed E-state index contributed by atoms with van der Waals surface area (Å²) < 4.78 is 13.1. The number of halogens is 1. The molecule has 1 aromatic heterocycles. The predicted octanol–water partition coefficient (Wildman–Crippen LogP) is 2.96. The number of nitrogens with zero attached hydrogens (tertiary/aromatic N) is 2. The maximum absolute atomic E-state index is 13.1. The van der Waals surface area contributed by atoms with E-state index >= 15 is 0 Å². The number of hydrogen-bond donors (Lipinski definition) is 1. The highest BCUT2D eigenvalue weighted by Gasteiger charge is 2.20. The summed E-state index contributed by atoms with van der Waals surface area (Å²) in [5, 5.41) is 5.02. The lowest BCUT2D eigenvalue weighted by Gasteiger charge is -2.34. The second kappa shape index (κ2) is 8.26. The first kappa shape index (κ1) is 16.9. The van der Waals surface area contributed by atoms with E-state index in [2.05, 4.69) is 27.7 Å². The molecule has 1 aliphatic heterocycles. The first-order valence-electron chi connectivity index (χ1n) is 8.23. The summed E-state index contributed by atoms with van der Waals surface area (Å²) in [4.78, 5) is 17.8. The summed E-state index contributed by atoms with van der Waals surface area (Å²) >= 11 is 1.77. The van der Waals surface area contributed by atoms with Gasteiger partial charge in [0, 0.05) is 44.1 Å². The van der Waals surface area contributed by atoms with Gasteiger partial charge in [-0.15, -0.1) is 11.3 Å². The van der Waals surface area contributed by atoms with Crippen LogP contribution in [-0.2, 0) is 13.0 Å². The summed E-state index contributed by atoms with van der Waals surface area (Å²) in [6, 6.07) is 10.7. The smallest absolute Gasteiger partial charge is 0.317 e. The van der Waals surface area contributed by atoms with Crippen molar-refractivity contribution in [3.63, 3.8) is 0 Å². The van der Waals surface area contributed by atoms with Crippen molar-refractivity contribution in [3.05, 3.63) is 58.0 Å². The van der Waals surface area contributed by atoms with Crippen LogP contribution in [0, 0.1) is 5.82 Å². The standard InChI is InChI=1S/C18H22FN3OS/c19-16-4-1-3-15(13-16)6-7-20-18(23)22-10-8-21(9-11-22)14-17-5-2-12-24-17/h1-5,12-13H,6-11,14H2,(H,20,23). The average Bonchev–Trinajstić information content (AvgIpc) is 3.08. The lowest BCUT2D eigenvalue weighted by atomic mass is 10.1. The van der Waals surface area contributed by atoms with E-state index in [4.69, 9.17) is 0 Å². The monoisotopic (exact) mass is 347 g/mol. The summed E-state index contributed by atoms with van der Waals surface area (Å²) in [5.74, 6) is -0.235. The highest BCUT2D eigenvalue weighted by molar-refractivity contribution is 7.09. The van der Waals surface area contributed by atoms with Gasteiger partial charge in [0.25, 0.3) is 0 Å². The number of rotatable bonds is 5. The van der Waals surface area contributed by atoms with E-state index in [-0.39, 0.29) is 11.8 Å². The Hall–Kier alpha value is -1.92. The maximum Gasteiger partial charge on any atom is 0.317 e. The number of hydrogen-bond acceptors (Lipinski definition) is 3. The molecule has 0 atom stereocenters. The van der Waals surface area contributed by atoms with Gasteiger partial charge in [-0.2, -0.15) is 0 Å². The fourth-order valence-electron chi connectivity index (χ4n) is 2.85. The van der Waals surface area contributed by atoms with E-state index in [1.54, 1.807) is 17.4 Å². The minimum atomic E-state index is -0.235. The lowest BCUT2D eigenvalue weighted by molar-refractivity contribution is 0.136. The predicted molar refractivity (Wildman–Crippen MR) is 94.7 cm³/mol. The fraction of sp³-hybridized carbons (Fsp3) is 0.389. The normalized spacial score (nSPS) is 15.5. The van der Waals surface area contributed by atoms with Crippen LogP contribution in [0.2, 0.25) is 0 Å². The van der Waals surface area contributed by atoms with Crippen LogP contribution in [0.15, 0.2) is 41.8 Å². The number of amides is 2. The Morgan fingerprint density at radius 2 is 2.00 bits per heavy atom. The Balaban J connectivity index is 1.37. The highest BCUT2D eigenvalue weighted by atomic mass is 32.1. The zero-order chi connectivity index (χ0) is 16.8. The fourth-order valence-corrected chi connectivity index (χ4v) is 3.60. The van der Waals surface area contributed by atoms with Crippen molar-refractivity contribution >= 4 is 17.4 Å². The number of carbonyl (C=O) groups excluding carboxylic acids is 1. The molecule has 3 rings (SSSR count). The third kappa shape index (κ3) is 4.79. The zero-order valence-electron chi connectivity index (χ0n) is 13.6. The van der Waals surface area contributed by atoms with E-state index in [0.29, 0.717) is 13.0 Å². The molecule has 1 aliphatic rings. The molecule has 0 bridgehead atoms. The van der Waals surface area contributed by atoms with Crippen LogP contribution in [0.1, 0.15) is 10.4 Å². The van der Waals surface area contributed by atoms with Gasteiger partial charge in [0.1, 0.15) is 5.82 Å².